The molecule has 0 unspecified atom stereocenters. The first-order chi connectivity index (χ1) is 8.04. The van der Waals surface area contributed by atoms with E-state index in [1.807, 2.05) is 0 Å². The van der Waals surface area contributed by atoms with Crippen LogP contribution in [-0.4, -0.2) is 81.3 Å². The Labute approximate surface area is 98.6 Å². The van der Waals surface area contributed by atoms with E-state index in [1.165, 1.54) is 0 Å². The normalized spacial score (nSPS) is 51.7. The maximum atomic E-state index is 9.91. The van der Waals surface area contributed by atoms with Gasteiger partial charge in [-0.25, -0.2) is 0 Å². The highest BCUT2D eigenvalue weighted by atomic mass is 16.5. The van der Waals surface area contributed by atoms with Gasteiger partial charge in [-0.05, 0) is 0 Å². The zero-order valence-electron chi connectivity index (χ0n) is 9.31. The van der Waals surface area contributed by atoms with E-state index in [0.717, 1.165) is 0 Å². The van der Waals surface area contributed by atoms with Crippen LogP contribution in [-0.2, 0) is 4.74 Å². The van der Waals surface area contributed by atoms with E-state index in [2.05, 4.69) is 5.32 Å². The van der Waals surface area contributed by atoms with Gasteiger partial charge in [0, 0.05) is 13.0 Å². The number of hydrogen-bond acceptors (Lipinski definition) is 7. The molecule has 0 aromatic rings. The molecule has 7 heteroatoms. The van der Waals surface area contributed by atoms with E-state index in [-0.39, 0.29) is 13.0 Å². The van der Waals surface area contributed by atoms with Crippen molar-refractivity contribution in [2.45, 2.75) is 49.1 Å². The summed E-state index contributed by atoms with van der Waals surface area (Å²) in [4.78, 5) is 0. The molecule has 7 nitrogen and oxygen atoms in total. The number of aliphatic hydroxyl groups excluding tert-OH is 5. The fourth-order valence-electron chi connectivity index (χ4n) is 2.44. The molecular formula is C10H19NO6. The summed E-state index contributed by atoms with van der Waals surface area (Å²) in [6.45, 7) is -0.278. The fraction of sp³-hybridized carbons (Fsp3) is 1.00. The van der Waals surface area contributed by atoms with Gasteiger partial charge >= 0.3 is 0 Å². The smallest absolute Gasteiger partial charge is 0.110 e. The van der Waals surface area contributed by atoms with E-state index >= 15 is 0 Å². The zero-order valence-corrected chi connectivity index (χ0v) is 9.31. The molecule has 17 heavy (non-hydrogen) atoms. The van der Waals surface area contributed by atoms with E-state index in [0.29, 0.717) is 0 Å². The number of fused-ring (bicyclic) bond motifs is 1. The predicted molar refractivity (Wildman–Crippen MR) is 56.2 cm³/mol. The molecule has 7 atom stereocenters. The number of nitrogens with one attached hydrogen (secondary N) is 1. The molecule has 6 N–H and O–H groups in total. The molecule has 100 valence electrons. The third-order valence-electron chi connectivity index (χ3n) is 3.51. The van der Waals surface area contributed by atoms with Gasteiger partial charge in [-0.2, -0.15) is 0 Å². The largest absolute Gasteiger partial charge is 0.394 e. The van der Waals surface area contributed by atoms with Gasteiger partial charge in [0.2, 0.25) is 0 Å². The van der Waals surface area contributed by atoms with Gasteiger partial charge in [0.15, 0.2) is 0 Å². The van der Waals surface area contributed by atoms with Gasteiger partial charge in [0.25, 0.3) is 0 Å². The third-order valence-corrected chi connectivity index (χ3v) is 3.51. The van der Waals surface area contributed by atoms with E-state index in [9.17, 15) is 20.4 Å². The first kappa shape index (κ1) is 13.2. The molecule has 0 aromatic carbocycles. The van der Waals surface area contributed by atoms with Crippen LogP contribution in [0.3, 0.4) is 0 Å². The molecule has 0 aliphatic carbocycles. The lowest BCUT2D eigenvalue weighted by atomic mass is 9.91. The summed E-state index contributed by atoms with van der Waals surface area (Å²) in [5.74, 6) is 0. The molecule has 2 rings (SSSR count). The van der Waals surface area contributed by atoms with Crippen molar-refractivity contribution in [3.63, 3.8) is 0 Å². The van der Waals surface area contributed by atoms with Crippen molar-refractivity contribution in [1.82, 2.24) is 5.32 Å². The summed E-state index contributed by atoms with van der Waals surface area (Å²) in [6.07, 6.45) is -5.41. The van der Waals surface area contributed by atoms with Crippen LogP contribution in [0.2, 0.25) is 0 Å². The lowest BCUT2D eigenvalue weighted by Crippen LogP contribution is -2.62. The Morgan fingerprint density at radius 1 is 1.06 bits per heavy atom. The van der Waals surface area contributed by atoms with Crippen LogP contribution in [0.5, 0.6) is 0 Å². The molecule has 0 aromatic heterocycles. The third kappa shape index (κ3) is 2.45. The Bertz CT molecular complexity index is 265. The van der Waals surface area contributed by atoms with Crippen LogP contribution >= 0.6 is 0 Å². The SMILES string of the molecule is OC[C@H]1O[C@H]2C[C@H](O)[C@H](O)CN[C@@H]2[C@@H](O)[C@H]1O. The molecule has 2 fully saturated rings. The summed E-state index contributed by atoms with van der Waals surface area (Å²) in [5.41, 5.74) is 0. The van der Waals surface area contributed by atoms with Crippen molar-refractivity contribution in [3.05, 3.63) is 0 Å². The number of aliphatic hydroxyl groups is 5. The van der Waals surface area contributed by atoms with Crippen molar-refractivity contribution < 1.29 is 30.3 Å². The van der Waals surface area contributed by atoms with Gasteiger partial charge in [-0.3, -0.25) is 0 Å². The lowest BCUT2D eigenvalue weighted by Gasteiger charge is -2.42. The average molecular weight is 249 g/mol. The van der Waals surface area contributed by atoms with E-state index < -0.39 is 49.3 Å². The lowest BCUT2D eigenvalue weighted by molar-refractivity contribution is -0.197. The second kappa shape index (κ2) is 5.15. The Hall–Kier alpha value is -0.280. The first-order valence-corrected chi connectivity index (χ1v) is 5.76. The van der Waals surface area contributed by atoms with E-state index in [4.69, 9.17) is 9.84 Å². The van der Waals surface area contributed by atoms with Crippen LogP contribution in [0, 0.1) is 0 Å². The van der Waals surface area contributed by atoms with Gasteiger partial charge in [-0.1, -0.05) is 0 Å². The second-order valence-electron chi connectivity index (χ2n) is 4.68. The second-order valence-corrected chi connectivity index (χ2v) is 4.68. The molecular weight excluding hydrogens is 230 g/mol. The standard InChI is InChI=1S/C10H19NO6/c12-3-7-9(15)10(16)8-6(17-7)1-4(13)5(14)2-11-8/h4-16H,1-3H2/t4-,5+,6-,7+,8-,9-,10+/m0/s1. The van der Waals surface area contributed by atoms with Crippen LogP contribution < -0.4 is 5.32 Å². The maximum Gasteiger partial charge on any atom is 0.110 e. The molecule has 0 radical (unpaired) electrons. The summed E-state index contributed by atoms with van der Waals surface area (Å²) in [6, 6.07) is -0.556. The highest BCUT2D eigenvalue weighted by Gasteiger charge is 2.46. The number of ether oxygens (including phenoxy) is 1. The monoisotopic (exact) mass is 249 g/mol. The molecule has 2 saturated heterocycles. The summed E-state index contributed by atoms with van der Waals surface area (Å²) in [7, 11) is 0. The molecule has 2 aliphatic rings. The highest BCUT2D eigenvalue weighted by molar-refractivity contribution is 4.99. The molecule has 0 bridgehead atoms. The van der Waals surface area contributed by atoms with E-state index in [1.54, 1.807) is 0 Å². The minimum Gasteiger partial charge on any atom is -0.394 e. The van der Waals surface area contributed by atoms with Crippen molar-refractivity contribution >= 4 is 0 Å². The summed E-state index contributed by atoms with van der Waals surface area (Å²) < 4.78 is 5.43. The van der Waals surface area contributed by atoms with Crippen LogP contribution in [0.4, 0.5) is 0 Å². The number of hydrogen-bond donors (Lipinski definition) is 6. The Morgan fingerprint density at radius 3 is 2.41 bits per heavy atom. The van der Waals surface area contributed by atoms with Crippen molar-refractivity contribution in [3.8, 4) is 0 Å². The maximum absolute atomic E-state index is 9.91. The summed E-state index contributed by atoms with van der Waals surface area (Å²) in [5, 5.41) is 50.6. The summed E-state index contributed by atoms with van der Waals surface area (Å²) >= 11 is 0. The van der Waals surface area contributed by atoms with Gasteiger partial charge in [-0.15, -0.1) is 0 Å². The van der Waals surface area contributed by atoms with Gasteiger partial charge < -0.3 is 35.6 Å². The first-order valence-electron chi connectivity index (χ1n) is 5.76. The number of β-amino-alcohol motifs (C(OH)–C–C–N with tert-alkyl or cyclic N) is 1. The number of rotatable bonds is 1. The molecule has 2 heterocycles. The van der Waals surface area contributed by atoms with Crippen molar-refractivity contribution in [2.24, 2.45) is 0 Å². The zero-order chi connectivity index (χ0) is 12.6. The molecule has 0 saturated carbocycles. The molecule has 2 aliphatic heterocycles. The van der Waals surface area contributed by atoms with Crippen molar-refractivity contribution in [1.29, 1.82) is 0 Å². The highest BCUT2D eigenvalue weighted by Crippen LogP contribution is 2.26. The quantitative estimate of drug-likeness (QED) is 0.286. The average Bonchev–Trinajstić information content (AvgIpc) is 2.45. The fourth-order valence-corrected chi connectivity index (χ4v) is 2.44. The Kier molecular flexibility index (Phi) is 3.99. The minimum absolute atomic E-state index is 0.124. The van der Waals surface area contributed by atoms with Crippen LogP contribution in [0.15, 0.2) is 0 Å². The van der Waals surface area contributed by atoms with Crippen LogP contribution in [0.25, 0.3) is 0 Å². The topological polar surface area (TPSA) is 122 Å². The van der Waals surface area contributed by atoms with Crippen LogP contribution in [0.1, 0.15) is 6.42 Å². The molecule has 0 spiro atoms. The van der Waals surface area contributed by atoms with Gasteiger partial charge in [0.1, 0.15) is 18.3 Å². The molecule has 0 amide bonds. The predicted octanol–water partition coefficient (Wildman–Crippen LogP) is -3.45. The Morgan fingerprint density at radius 2 is 1.76 bits per heavy atom. The van der Waals surface area contributed by atoms with Crippen molar-refractivity contribution in [2.75, 3.05) is 13.2 Å². The minimum atomic E-state index is -1.18. The Balaban J connectivity index is 2.13. The van der Waals surface area contributed by atoms with Gasteiger partial charge in [0.05, 0.1) is 31.0 Å².